The standard InChI is InChI=1S/C20H15NO4/c22-13-18-11-17(9-10-20(18)21(23)24)16-7-4-8-19(12-16)25-14-15-5-2-1-3-6-15/h1-13H,14H2. The maximum atomic E-state index is 11.1. The molecule has 0 aliphatic heterocycles. The number of hydrogen-bond donors (Lipinski definition) is 0. The third-order valence-electron chi connectivity index (χ3n) is 3.77. The number of carbonyl (C=O) groups excluding carboxylic acids is 1. The van der Waals surface area contributed by atoms with Crippen LogP contribution in [0.4, 0.5) is 5.69 Å². The van der Waals surface area contributed by atoms with Crippen LogP contribution < -0.4 is 4.74 Å². The van der Waals surface area contributed by atoms with Crippen molar-refractivity contribution in [3.8, 4) is 16.9 Å². The predicted molar refractivity (Wildman–Crippen MR) is 94.7 cm³/mol. The fourth-order valence-electron chi connectivity index (χ4n) is 2.50. The number of ether oxygens (including phenoxy) is 1. The minimum Gasteiger partial charge on any atom is -0.489 e. The monoisotopic (exact) mass is 333 g/mol. The summed E-state index contributed by atoms with van der Waals surface area (Å²) >= 11 is 0. The summed E-state index contributed by atoms with van der Waals surface area (Å²) in [6.07, 6.45) is 0.497. The molecule has 0 amide bonds. The topological polar surface area (TPSA) is 69.4 Å². The zero-order valence-corrected chi connectivity index (χ0v) is 13.3. The van der Waals surface area contributed by atoms with Crippen molar-refractivity contribution >= 4 is 12.0 Å². The summed E-state index contributed by atoms with van der Waals surface area (Å²) in [6, 6.07) is 21.7. The Bertz CT molecular complexity index is 907. The first kappa shape index (κ1) is 16.4. The van der Waals surface area contributed by atoms with Gasteiger partial charge in [-0.2, -0.15) is 0 Å². The highest BCUT2D eigenvalue weighted by atomic mass is 16.6. The molecule has 0 saturated heterocycles. The zero-order valence-electron chi connectivity index (χ0n) is 13.3. The van der Waals surface area contributed by atoms with E-state index in [2.05, 4.69) is 0 Å². The van der Waals surface area contributed by atoms with Crippen molar-refractivity contribution in [3.05, 3.63) is 94.0 Å². The van der Waals surface area contributed by atoms with Crippen LogP contribution in [0.2, 0.25) is 0 Å². The van der Waals surface area contributed by atoms with Crippen LogP contribution in [-0.4, -0.2) is 11.2 Å². The largest absolute Gasteiger partial charge is 0.489 e. The summed E-state index contributed by atoms with van der Waals surface area (Å²) in [6.45, 7) is 0.449. The molecule has 0 saturated carbocycles. The minimum atomic E-state index is -0.563. The average molecular weight is 333 g/mol. The van der Waals surface area contributed by atoms with E-state index in [0.717, 1.165) is 16.7 Å². The van der Waals surface area contributed by atoms with Crippen LogP contribution >= 0.6 is 0 Å². The van der Waals surface area contributed by atoms with Crippen molar-refractivity contribution in [1.82, 2.24) is 0 Å². The second-order valence-corrected chi connectivity index (χ2v) is 5.45. The van der Waals surface area contributed by atoms with Crippen LogP contribution in [0, 0.1) is 10.1 Å². The van der Waals surface area contributed by atoms with Gasteiger partial charge in [-0.05, 0) is 41.0 Å². The van der Waals surface area contributed by atoms with Gasteiger partial charge in [0.2, 0.25) is 0 Å². The van der Waals surface area contributed by atoms with Gasteiger partial charge in [0, 0.05) is 6.07 Å². The lowest BCUT2D eigenvalue weighted by Gasteiger charge is -2.09. The lowest BCUT2D eigenvalue weighted by Crippen LogP contribution is -1.96. The third-order valence-corrected chi connectivity index (χ3v) is 3.77. The van der Waals surface area contributed by atoms with Gasteiger partial charge in [0.1, 0.15) is 12.4 Å². The van der Waals surface area contributed by atoms with E-state index in [9.17, 15) is 14.9 Å². The lowest BCUT2D eigenvalue weighted by molar-refractivity contribution is -0.385. The van der Waals surface area contributed by atoms with Gasteiger partial charge in [-0.1, -0.05) is 42.5 Å². The fourth-order valence-corrected chi connectivity index (χ4v) is 2.50. The molecule has 0 radical (unpaired) electrons. The van der Waals surface area contributed by atoms with E-state index in [1.54, 1.807) is 6.07 Å². The Balaban J connectivity index is 1.84. The summed E-state index contributed by atoms with van der Waals surface area (Å²) in [5, 5.41) is 10.9. The Morgan fingerprint density at radius 3 is 2.40 bits per heavy atom. The second kappa shape index (κ2) is 7.40. The normalized spacial score (nSPS) is 10.2. The highest BCUT2D eigenvalue weighted by molar-refractivity contribution is 5.84. The average Bonchev–Trinajstić information content (AvgIpc) is 2.67. The Morgan fingerprint density at radius 2 is 1.68 bits per heavy atom. The molecule has 124 valence electrons. The summed E-state index contributed by atoms with van der Waals surface area (Å²) < 4.78 is 5.79. The molecule has 0 aromatic heterocycles. The fraction of sp³-hybridized carbons (Fsp3) is 0.0500. The van der Waals surface area contributed by atoms with E-state index in [0.29, 0.717) is 18.6 Å². The Kier molecular flexibility index (Phi) is 4.85. The van der Waals surface area contributed by atoms with Crippen LogP contribution in [-0.2, 0) is 6.61 Å². The lowest BCUT2D eigenvalue weighted by atomic mass is 10.0. The minimum absolute atomic E-state index is 0.0538. The van der Waals surface area contributed by atoms with E-state index in [-0.39, 0.29) is 11.3 Å². The van der Waals surface area contributed by atoms with Gasteiger partial charge in [-0.3, -0.25) is 14.9 Å². The molecule has 0 unspecified atom stereocenters. The molecule has 3 rings (SSSR count). The van der Waals surface area contributed by atoms with Gasteiger partial charge in [0.15, 0.2) is 6.29 Å². The molecule has 0 heterocycles. The molecule has 5 heteroatoms. The molecular formula is C20H15NO4. The summed E-state index contributed by atoms with van der Waals surface area (Å²) in [5.74, 6) is 0.687. The van der Waals surface area contributed by atoms with Gasteiger partial charge in [-0.15, -0.1) is 0 Å². The summed E-state index contributed by atoms with van der Waals surface area (Å²) in [5.41, 5.74) is 2.46. The molecule has 3 aromatic carbocycles. The van der Waals surface area contributed by atoms with Gasteiger partial charge in [-0.25, -0.2) is 0 Å². The molecule has 0 bridgehead atoms. The van der Waals surface area contributed by atoms with E-state index < -0.39 is 4.92 Å². The SMILES string of the molecule is O=Cc1cc(-c2cccc(OCc3ccccc3)c2)ccc1[N+](=O)[O-]. The van der Waals surface area contributed by atoms with Crippen molar-refractivity contribution in [2.75, 3.05) is 0 Å². The van der Waals surface area contributed by atoms with E-state index in [4.69, 9.17) is 4.74 Å². The third kappa shape index (κ3) is 3.90. The number of hydrogen-bond acceptors (Lipinski definition) is 4. The molecule has 0 atom stereocenters. The van der Waals surface area contributed by atoms with Gasteiger partial charge >= 0.3 is 0 Å². The smallest absolute Gasteiger partial charge is 0.279 e. The van der Waals surface area contributed by atoms with Crippen molar-refractivity contribution in [3.63, 3.8) is 0 Å². The second-order valence-electron chi connectivity index (χ2n) is 5.45. The van der Waals surface area contributed by atoms with E-state index in [1.807, 2.05) is 54.6 Å². The van der Waals surface area contributed by atoms with Gasteiger partial charge in [0.25, 0.3) is 5.69 Å². The quantitative estimate of drug-likeness (QED) is 0.374. The number of nitro benzene ring substituents is 1. The van der Waals surface area contributed by atoms with Crippen molar-refractivity contribution in [1.29, 1.82) is 0 Å². The number of benzene rings is 3. The molecule has 0 fully saturated rings. The Hall–Kier alpha value is -3.47. The predicted octanol–water partition coefficient (Wildman–Crippen LogP) is 4.65. The van der Waals surface area contributed by atoms with E-state index >= 15 is 0 Å². The van der Waals surface area contributed by atoms with Crippen LogP contribution in [0.3, 0.4) is 0 Å². The maximum absolute atomic E-state index is 11.1. The first-order valence-corrected chi connectivity index (χ1v) is 7.68. The molecular weight excluding hydrogens is 318 g/mol. The Morgan fingerprint density at radius 1 is 0.920 bits per heavy atom. The van der Waals surface area contributed by atoms with Crippen molar-refractivity contribution < 1.29 is 14.5 Å². The maximum Gasteiger partial charge on any atom is 0.279 e. The molecule has 3 aromatic rings. The molecule has 25 heavy (non-hydrogen) atoms. The molecule has 5 nitrogen and oxygen atoms in total. The van der Waals surface area contributed by atoms with E-state index in [1.165, 1.54) is 12.1 Å². The molecule has 0 spiro atoms. The highest BCUT2D eigenvalue weighted by Crippen LogP contribution is 2.28. The molecule has 0 aliphatic rings. The van der Waals surface area contributed by atoms with Gasteiger partial charge < -0.3 is 4.74 Å². The number of nitro groups is 1. The molecule has 0 N–H and O–H groups in total. The van der Waals surface area contributed by atoms with Crippen LogP contribution in [0.15, 0.2) is 72.8 Å². The number of rotatable bonds is 6. The number of carbonyl (C=O) groups is 1. The van der Waals surface area contributed by atoms with Crippen molar-refractivity contribution in [2.24, 2.45) is 0 Å². The number of nitrogens with zero attached hydrogens (tertiary/aromatic N) is 1. The van der Waals surface area contributed by atoms with Crippen LogP contribution in [0.1, 0.15) is 15.9 Å². The first-order chi connectivity index (χ1) is 12.2. The first-order valence-electron chi connectivity index (χ1n) is 7.68. The van der Waals surface area contributed by atoms with Crippen molar-refractivity contribution in [2.45, 2.75) is 6.61 Å². The van der Waals surface area contributed by atoms with Crippen LogP contribution in [0.5, 0.6) is 5.75 Å². The van der Waals surface area contributed by atoms with Crippen LogP contribution in [0.25, 0.3) is 11.1 Å². The number of aldehydes is 1. The Labute approximate surface area is 144 Å². The zero-order chi connectivity index (χ0) is 17.6. The summed E-state index contributed by atoms with van der Waals surface area (Å²) in [4.78, 5) is 21.5. The molecule has 0 aliphatic carbocycles. The summed E-state index contributed by atoms with van der Waals surface area (Å²) in [7, 11) is 0. The van der Waals surface area contributed by atoms with Gasteiger partial charge in [0.05, 0.1) is 10.5 Å². The highest BCUT2D eigenvalue weighted by Gasteiger charge is 2.14.